The minimum atomic E-state index is -0.599. The van der Waals surface area contributed by atoms with E-state index in [4.69, 9.17) is 0 Å². The number of aryl methyl sites for hydroxylation is 1. The molecule has 118 valence electrons. The third-order valence-electron chi connectivity index (χ3n) is 4.38. The molecule has 2 aromatic carbocycles. The molecule has 0 radical (unpaired) electrons. The van der Waals surface area contributed by atoms with Crippen molar-refractivity contribution in [1.29, 1.82) is 0 Å². The maximum Gasteiger partial charge on any atom is 0.230 e. The molecule has 2 N–H and O–H groups in total. The van der Waals surface area contributed by atoms with Gasteiger partial charge in [0.2, 0.25) is 5.91 Å². The number of para-hydroxylation sites is 1. The molecule has 1 aromatic heterocycles. The van der Waals surface area contributed by atoms with Gasteiger partial charge >= 0.3 is 0 Å². The maximum atomic E-state index is 12.8. The average molecular weight is 306 g/mol. The van der Waals surface area contributed by atoms with E-state index in [2.05, 4.69) is 16.4 Å². The van der Waals surface area contributed by atoms with E-state index in [1.54, 1.807) is 0 Å². The number of hydrogen-bond donors (Lipinski definition) is 2. The van der Waals surface area contributed by atoms with Crippen LogP contribution >= 0.6 is 0 Å². The van der Waals surface area contributed by atoms with Gasteiger partial charge in [-0.25, -0.2) is 0 Å². The largest absolute Gasteiger partial charge is 0.358 e. The van der Waals surface area contributed by atoms with Crippen molar-refractivity contribution in [3.05, 3.63) is 71.4 Å². The summed E-state index contributed by atoms with van der Waals surface area (Å²) < 4.78 is 0. The summed E-state index contributed by atoms with van der Waals surface area (Å²) in [6.07, 6.45) is 0. The first-order valence-electron chi connectivity index (χ1n) is 7.90. The van der Waals surface area contributed by atoms with Crippen LogP contribution in [0.5, 0.6) is 0 Å². The lowest BCUT2D eigenvalue weighted by Crippen LogP contribution is -2.40. The molecule has 0 spiro atoms. The predicted molar refractivity (Wildman–Crippen MR) is 94.4 cm³/mol. The van der Waals surface area contributed by atoms with E-state index in [-0.39, 0.29) is 5.91 Å². The summed E-state index contributed by atoms with van der Waals surface area (Å²) in [5.41, 5.74) is 3.69. The van der Waals surface area contributed by atoms with E-state index in [1.165, 1.54) is 0 Å². The molecule has 0 bridgehead atoms. The van der Waals surface area contributed by atoms with Gasteiger partial charge in [0.1, 0.15) is 0 Å². The highest BCUT2D eigenvalue weighted by atomic mass is 16.2. The summed E-state index contributed by atoms with van der Waals surface area (Å²) in [4.78, 5) is 16.2. The van der Waals surface area contributed by atoms with Gasteiger partial charge < -0.3 is 10.3 Å². The van der Waals surface area contributed by atoms with Crippen molar-refractivity contribution in [3.63, 3.8) is 0 Å². The Morgan fingerprint density at radius 1 is 1.04 bits per heavy atom. The number of benzene rings is 2. The summed E-state index contributed by atoms with van der Waals surface area (Å²) in [5, 5.41) is 4.18. The second kappa shape index (κ2) is 5.92. The van der Waals surface area contributed by atoms with Crippen LogP contribution in [0.2, 0.25) is 0 Å². The summed E-state index contributed by atoms with van der Waals surface area (Å²) in [5.74, 6) is 0.0363. The maximum absolute atomic E-state index is 12.8. The standard InChI is InChI=1S/C20H22N2O/c1-14-18(16-11-7-8-12-17(16)22-14)20(2,3)19(23)21-13-15-9-5-4-6-10-15/h4-12,22H,13H2,1-3H3,(H,21,23). The van der Waals surface area contributed by atoms with E-state index in [1.807, 2.05) is 69.3 Å². The fourth-order valence-electron chi connectivity index (χ4n) is 3.19. The number of hydrogen-bond acceptors (Lipinski definition) is 1. The van der Waals surface area contributed by atoms with E-state index in [9.17, 15) is 4.79 Å². The number of carbonyl (C=O) groups is 1. The number of nitrogens with one attached hydrogen (secondary N) is 2. The van der Waals surface area contributed by atoms with Gasteiger partial charge in [0.05, 0.1) is 5.41 Å². The van der Waals surface area contributed by atoms with Crippen molar-refractivity contribution in [2.45, 2.75) is 32.7 Å². The zero-order valence-corrected chi connectivity index (χ0v) is 13.8. The minimum Gasteiger partial charge on any atom is -0.358 e. The van der Waals surface area contributed by atoms with Crippen LogP contribution in [0, 0.1) is 6.92 Å². The monoisotopic (exact) mass is 306 g/mol. The summed E-state index contributed by atoms with van der Waals surface area (Å²) in [6.45, 7) is 6.54. The predicted octanol–water partition coefficient (Wildman–Crippen LogP) is 4.07. The highest BCUT2D eigenvalue weighted by molar-refractivity contribution is 5.95. The molecule has 3 aromatic rings. The molecule has 1 amide bonds. The molecular weight excluding hydrogens is 284 g/mol. The number of carbonyl (C=O) groups excluding carboxylic acids is 1. The SMILES string of the molecule is Cc1[nH]c2ccccc2c1C(C)(C)C(=O)NCc1ccccc1. The summed E-state index contributed by atoms with van der Waals surface area (Å²) in [6, 6.07) is 18.1. The van der Waals surface area contributed by atoms with Crippen LogP contribution in [-0.2, 0) is 16.8 Å². The Balaban J connectivity index is 1.87. The van der Waals surface area contributed by atoms with Crippen LogP contribution in [0.4, 0.5) is 0 Å². The molecular formula is C20H22N2O. The molecule has 0 unspecified atom stereocenters. The quantitative estimate of drug-likeness (QED) is 0.750. The van der Waals surface area contributed by atoms with Crippen LogP contribution in [0.15, 0.2) is 54.6 Å². The fraction of sp³-hybridized carbons (Fsp3) is 0.250. The fourth-order valence-corrected chi connectivity index (χ4v) is 3.19. The van der Waals surface area contributed by atoms with Crippen LogP contribution < -0.4 is 5.32 Å². The smallest absolute Gasteiger partial charge is 0.230 e. The molecule has 3 heteroatoms. The van der Waals surface area contributed by atoms with E-state index in [0.29, 0.717) is 6.54 Å². The lowest BCUT2D eigenvalue weighted by Gasteiger charge is -2.24. The molecule has 0 saturated carbocycles. The number of aromatic amines is 1. The molecule has 0 aliphatic carbocycles. The van der Waals surface area contributed by atoms with Crippen molar-refractivity contribution in [2.75, 3.05) is 0 Å². The van der Waals surface area contributed by atoms with Gasteiger partial charge in [-0.2, -0.15) is 0 Å². The van der Waals surface area contributed by atoms with Crippen molar-refractivity contribution >= 4 is 16.8 Å². The van der Waals surface area contributed by atoms with Gasteiger partial charge in [-0.05, 0) is 38.0 Å². The topological polar surface area (TPSA) is 44.9 Å². The van der Waals surface area contributed by atoms with Crippen molar-refractivity contribution < 1.29 is 4.79 Å². The van der Waals surface area contributed by atoms with Crippen molar-refractivity contribution in [2.24, 2.45) is 0 Å². The highest BCUT2D eigenvalue weighted by Gasteiger charge is 2.33. The Bertz CT molecular complexity index is 831. The third-order valence-corrected chi connectivity index (χ3v) is 4.38. The first kappa shape index (κ1) is 15.3. The second-order valence-electron chi connectivity index (χ2n) is 6.46. The number of H-pyrrole nitrogens is 1. The normalized spacial score (nSPS) is 11.6. The summed E-state index contributed by atoms with van der Waals surface area (Å²) >= 11 is 0. The molecule has 0 fully saturated rings. The minimum absolute atomic E-state index is 0.0363. The lowest BCUT2D eigenvalue weighted by molar-refractivity contribution is -0.125. The number of aromatic nitrogens is 1. The van der Waals surface area contributed by atoms with Crippen LogP contribution in [-0.4, -0.2) is 10.9 Å². The molecule has 0 atom stereocenters. The Morgan fingerprint density at radius 3 is 2.43 bits per heavy atom. The molecule has 3 nitrogen and oxygen atoms in total. The van der Waals surface area contributed by atoms with Crippen LogP contribution in [0.25, 0.3) is 10.9 Å². The zero-order chi connectivity index (χ0) is 16.4. The van der Waals surface area contributed by atoms with Crippen LogP contribution in [0.3, 0.4) is 0 Å². The van der Waals surface area contributed by atoms with E-state index >= 15 is 0 Å². The van der Waals surface area contributed by atoms with Gasteiger partial charge in [0, 0.05) is 23.1 Å². The molecule has 1 heterocycles. The lowest BCUT2D eigenvalue weighted by atomic mass is 9.81. The van der Waals surface area contributed by atoms with Gasteiger partial charge in [-0.1, -0.05) is 48.5 Å². The van der Waals surface area contributed by atoms with Gasteiger partial charge in [-0.15, -0.1) is 0 Å². The Kier molecular flexibility index (Phi) is 3.95. The Morgan fingerprint density at radius 2 is 1.70 bits per heavy atom. The first-order chi connectivity index (χ1) is 11.0. The molecule has 0 aliphatic heterocycles. The Labute approximate surface area is 136 Å². The third kappa shape index (κ3) is 2.87. The second-order valence-corrected chi connectivity index (χ2v) is 6.46. The van der Waals surface area contributed by atoms with E-state index < -0.39 is 5.41 Å². The van der Waals surface area contributed by atoms with Crippen molar-refractivity contribution in [1.82, 2.24) is 10.3 Å². The van der Waals surface area contributed by atoms with E-state index in [0.717, 1.165) is 27.7 Å². The molecule has 0 saturated heterocycles. The van der Waals surface area contributed by atoms with Gasteiger partial charge in [-0.3, -0.25) is 4.79 Å². The first-order valence-corrected chi connectivity index (χ1v) is 7.90. The Hall–Kier alpha value is -2.55. The van der Waals surface area contributed by atoms with Gasteiger partial charge in [0.15, 0.2) is 0 Å². The van der Waals surface area contributed by atoms with Crippen LogP contribution in [0.1, 0.15) is 30.7 Å². The zero-order valence-electron chi connectivity index (χ0n) is 13.8. The number of amides is 1. The van der Waals surface area contributed by atoms with Crippen molar-refractivity contribution in [3.8, 4) is 0 Å². The summed E-state index contributed by atoms with van der Waals surface area (Å²) in [7, 11) is 0. The molecule has 23 heavy (non-hydrogen) atoms. The molecule has 0 aliphatic rings. The number of rotatable bonds is 4. The highest BCUT2D eigenvalue weighted by Crippen LogP contribution is 2.33. The average Bonchev–Trinajstić information content (AvgIpc) is 2.89. The molecule has 3 rings (SSSR count). The van der Waals surface area contributed by atoms with Gasteiger partial charge in [0.25, 0.3) is 0 Å². The number of fused-ring (bicyclic) bond motifs is 1.